The topological polar surface area (TPSA) is 63.7 Å². The van der Waals surface area contributed by atoms with E-state index in [1.807, 2.05) is 0 Å². The standard InChI is InChI=1S/C14H18BrNO4S/c1-20-14(17)10-16(11-6-2-3-7-11)21(18,19)13-9-5-4-8-12(13)15/h4-5,8-9,11H,2-3,6-7,10H2,1H3. The molecule has 0 unspecified atom stereocenters. The molecule has 0 heterocycles. The highest BCUT2D eigenvalue weighted by atomic mass is 79.9. The molecule has 0 bridgehead atoms. The average molecular weight is 376 g/mol. The first-order valence-electron chi connectivity index (χ1n) is 6.80. The van der Waals surface area contributed by atoms with Crippen LogP contribution in [0.5, 0.6) is 0 Å². The molecule has 1 aliphatic rings. The quantitative estimate of drug-likeness (QED) is 0.741. The molecule has 1 aliphatic carbocycles. The summed E-state index contributed by atoms with van der Waals surface area (Å²) in [5, 5.41) is 0. The summed E-state index contributed by atoms with van der Waals surface area (Å²) in [5.74, 6) is -0.544. The third-order valence-corrected chi connectivity index (χ3v) is 6.58. The summed E-state index contributed by atoms with van der Waals surface area (Å²) in [4.78, 5) is 11.8. The van der Waals surface area contributed by atoms with E-state index < -0.39 is 16.0 Å². The first kappa shape index (κ1) is 16.5. The van der Waals surface area contributed by atoms with E-state index in [0.717, 1.165) is 25.7 Å². The summed E-state index contributed by atoms with van der Waals surface area (Å²) >= 11 is 3.27. The van der Waals surface area contributed by atoms with Gasteiger partial charge in [-0.3, -0.25) is 4.79 Å². The van der Waals surface area contributed by atoms with Gasteiger partial charge in [0.2, 0.25) is 10.0 Å². The van der Waals surface area contributed by atoms with Gasteiger partial charge in [-0.2, -0.15) is 4.31 Å². The van der Waals surface area contributed by atoms with Crippen molar-refractivity contribution in [1.29, 1.82) is 0 Å². The molecule has 116 valence electrons. The molecule has 0 saturated heterocycles. The minimum absolute atomic E-state index is 0.138. The van der Waals surface area contributed by atoms with Gasteiger partial charge in [-0.25, -0.2) is 8.42 Å². The Bertz CT molecular complexity index is 611. The molecule has 5 nitrogen and oxygen atoms in total. The van der Waals surface area contributed by atoms with Gasteiger partial charge in [0.05, 0.1) is 12.0 Å². The van der Waals surface area contributed by atoms with Crippen LogP contribution in [0.25, 0.3) is 0 Å². The molecule has 0 amide bonds. The van der Waals surface area contributed by atoms with Crippen LogP contribution in [0.4, 0.5) is 0 Å². The molecule has 0 aliphatic heterocycles. The van der Waals surface area contributed by atoms with Crippen molar-refractivity contribution in [3.05, 3.63) is 28.7 Å². The van der Waals surface area contributed by atoms with Gasteiger partial charge in [-0.15, -0.1) is 0 Å². The number of carbonyl (C=O) groups is 1. The van der Waals surface area contributed by atoms with E-state index in [1.54, 1.807) is 24.3 Å². The van der Waals surface area contributed by atoms with Gasteiger partial charge in [-0.05, 0) is 40.9 Å². The number of rotatable bonds is 5. The van der Waals surface area contributed by atoms with Crippen molar-refractivity contribution < 1.29 is 17.9 Å². The van der Waals surface area contributed by atoms with Crippen LogP contribution in [-0.4, -0.2) is 38.4 Å². The number of benzene rings is 1. The van der Waals surface area contributed by atoms with E-state index in [4.69, 9.17) is 0 Å². The number of ether oxygens (including phenoxy) is 1. The third kappa shape index (κ3) is 3.64. The SMILES string of the molecule is COC(=O)CN(C1CCCC1)S(=O)(=O)c1ccccc1Br. The maximum atomic E-state index is 12.9. The van der Waals surface area contributed by atoms with Crippen molar-refractivity contribution in [2.24, 2.45) is 0 Å². The van der Waals surface area contributed by atoms with Gasteiger partial charge in [0.25, 0.3) is 0 Å². The second-order valence-corrected chi connectivity index (χ2v) is 7.71. The number of methoxy groups -OCH3 is 1. The fourth-order valence-corrected chi connectivity index (χ4v) is 5.17. The molecule has 1 saturated carbocycles. The van der Waals surface area contributed by atoms with Gasteiger partial charge in [0, 0.05) is 10.5 Å². The number of hydrogen-bond donors (Lipinski definition) is 0. The monoisotopic (exact) mass is 375 g/mol. The maximum Gasteiger partial charge on any atom is 0.321 e. The average Bonchev–Trinajstić information content (AvgIpc) is 2.98. The predicted octanol–water partition coefficient (Wildman–Crippen LogP) is 2.56. The predicted molar refractivity (Wildman–Crippen MR) is 82.3 cm³/mol. The summed E-state index contributed by atoms with van der Waals surface area (Å²) in [6, 6.07) is 6.50. The lowest BCUT2D eigenvalue weighted by molar-refractivity contribution is -0.141. The minimum atomic E-state index is -3.73. The molecule has 0 aromatic heterocycles. The van der Waals surface area contributed by atoms with Crippen LogP contribution in [-0.2, 0) is 19.6 Å². The van der Waals surface area contributed by atoms with Gasteiger partial charge < -0.3 is 4.74 Å². The Kier molecular flexibility index (Phi) is 5.40. The molecular weight excluding hydrogens is 358 g/mol. The molecule has 2 rings (SSSR count). The van der Waals surface area contributed by atoms with Crippen molar-refractivity contribution in [2.75, 3.05) is 13.7 Å². The van der Waals surface area contributed by atoms with Crippen LogP contribution in [0.1, 0.15) is 25.7 Å². The Labute approximate surface area is 133 Å². The van der Waals surface area contributed by atoms with Crippen LogP contribution >= 0.6 is 15.9 Å². The van der Waals surface area contributed by atoms with Crippen molar-refractivity contribution in [3.8, 4) is 0 Å². The van der Waals surface area contributed by atoms with Gasteiger partial charge in [0.1, 0.15) is 6.54 Å². The van der Waals surface area contributed by atoms with Crippen LogP contribution < -0.4 is 0 Å². The number of esters is 1. The number of nitrogens with zero attached hydrogens (tertiary/aromatic N) is 1. The highest BCUT2D eigenvalue weighted by molar-refractivity contribution is 9.10. The summed E-state index contributed by atoms with van der Waals surface area (Å²) in [7, 11) is -2.47. The first-order chi connectivity index (χ1) is 9.96. The Morgan fingerprint density at radius 1 is 1.33 bits per heavy atom. The zero-order valence-electron chi connectivity index (χ0n) is 11.8. The third-order valence-electron chi connectivity index (χ3n) is 3.67. The molecular formula is C14H18BrNO4S. The Balaban J connectivity index is 2.39. The summed E-state index contributed by atoms with van der Waals surface area (Å²) in [6.07, 6.45) is 3.52. The molecule has 7 heteroatoms. The second kappa shape index (κ2) is 6.89. The first-order valence-corrected chi connectivity index (χ1v) is 9.03. The van der Waals surface area contributed by atoms with Crippen LogP contribution in [0.3, 0.4) is 0 Å². The van der Waals surface area contributed by atoms with E-state index in [1.165, 1.54) is 11.4 Å². The van der Waals surface area contributed by atoms with E-state index >= 15 is 0 Å². The van der Waals surface area contributed by atoms with Gasteiger partial charge >= 0.3 is 5.97 Å². The lowest BCUT2D eigenvalue weighted by Crippen LogP contribution is -2.42. The van der Waals surface area contributed by atoms with E-state index in [-0.39, 0.29) is 17.5 Å². The molecule has 1 aromatic rings. The fraction of sp³-hybridized carbons (Fsp3) is 0.500. The Hall–Kier alpha value is -0.920. The van der Waals surface area contributed by atoms with E-state index in [2.05, 4.69) is 20.7 Å². The lowest BCUT2D eigenvalue weighted by Gasteiger charge is -2.27. The smallest absolute Gasteiger partial charge is 0.321 e. The second-order valence-electron chi connectivity index (χ2n) is 5.00. The number of carbonyl (C=O) groups excluding carboxylic acids is 1. The van der Waals surface area contributed by atoms with Crippen LogP contribution in [0.2, 0.25) is 0 Å². The van der Waals surface area contributed by atoms with Crippen molar-refractivity contribution in [3.63, 3.8) is 0 Å². The highest BCUT2D eigenvalue weighted by Crippen LogP contribution is 2.31. The molecule has 1 aromatic carbocycles. The minimum Gasteiger partial charge on any atom is -0.468 e. The Morgan fingerprint density at radius 2 is 1.95 bits per heavy atom. The molecule has 1 fully saturated rings. The summed E-state index contributed by atoms with van der Waals surface area (Å²) < 4.78 is 32.2. The molecule has 0 radical (unpaired) electrons. The zero-order valence-corrected chi connectivity index (χ0v) is 14.2. The van der Waals surface area contributed by atoms with Crippen molar-refractivity contribution >= 4 is 31.9 Å². The van der Waals surface area contributed by atoms with Crippen molar-refractivity contribution in [1.82, 2.24) is 4.31 Å². The van der Waals surface area contributed by atoms with Gasteiger partial charge in [-0.1, -0.05) is 25.0 Å². The molecule has 0 atom stereocenters. The van der Waals surface area contributed by atoms with Crippen molar-refractivity contribution in [2.45, 2.75) is 36.6 Å². The largest absolute Gasteiger partial charge is 0.468 e. The summed E-state index contributed by atoms with van der Waals surface area (Å²) in [6.45, 7) is -0.245. The summed E-state index contributed by atoms with van der Waals surface area (Å²) in [5.41, 5.74) is 0. The zero-order chi connectivity index (χ0) is 15.5. The highest BCUT2D eigenvalue weighted by Gasteiger charge is 2.35. The van der Waals surface area contributed by atoms with Gasteiger partial charge in [0.15, 0.2) is 0 Å². The molecule has 0 N–H and O–H groups in total. The van der Waals surface area contributed by atoms with Crippen LogP contribution in [0.15, 0.2) is 33.6 Å². The number of sulfonamides is 1. The lowest BCUT2D eigenvalue weighted by atomic mass is 10.2. The number of hydrogen-bond acceptors (Lipinski definition) is 4. The van der Waals surface area contributed by atoms with E-state index in [9.17, 15) is 13.2 Å². The maximum absolute atomic E-state index is 12.9. The molecule has 0 spiro atoms. The normalized spacial score (nSPS) is 16.3. The van der Waals surface area contributed by atoms with E-state index in [0.29, 0.717) is 4.47 Å². The van der Waals surface area contributed by atoms with Crippen LogP contribution in [0, 0.1) is 0 Å². The number of halogens is 1. The fourth-order valence-electron chi connectivity index (χ4n) is 2.57. The molecule has 21 heavy (non-hydrogen) atoms. The Morgan fingerprint density at radius 3 is 2.52 bits per heavy atom.